The second-order valence-corrected chi connectivity index (χ2v) is 11.7. The van der Waals surface area contributed by atoms with E-state index in [0.29, 0.717) is 22.3 Å². The molecule has 2 heterocycles. The number of H-pyrrole nitrogens is 1. The summed E-state index contributed by atoms with van der Waals surface area (Å²) in [5.41, 5.74) is 3.33. The number of hydrogen-bond acceptors (Lipinski definition) is 8. The molecule has 0 saturated carbocycles. The van der Waals surface area contributed by atoms with Crippen LogP contribution in [0.25, 0.3) is 6.08 Å². The minimum Gasteiger partial charge on any atom is -0.497 e. The maximum absolute atomic E-state index is 13.2. The number of carbonyl (C=O) groups excluding carboxylic acids is 3. The lowest BCUT2D eigenvalue weighted by Crippen LogP contribution is -2.42. The Morgan fingerprint density at radius 2 is 2.03 bits per heavy atom. The van der Waals surface area contributed by atoms with Gasteiger partial charge in [0, 0.05) is 10.0 Å². The number of ketones is 2. The minimum absolute atomic E-state index is 0.00524. The third-order valence-corrected chi connectivity index (χ3v) is 8.98. The van der Waals surface area contributed by atoms with Gasteiger partial charge in [-0.05, 0) is 42.3 Å². The summed E-state index contributed by atoms with van der Waals surface area (Å²) in [5, 5.41) is 10.2. The first-order chi connectivity index (χ1) is 17.8. The van der Waals surface area contributed by atoms with Crippen LogP contribution < -0.4 is 10.1 Å². The van der Waals surface area contributed by atoms with Gasteiger partial charge in [-0.25, -0.2) is 4.98 Å². The van der Waals surface area contributed by atoms with E-state index < -0.39 is 12.0 Å². The number of ether oxygens (including phenoxy) is 1. The molecule has 1 aromatic heterocycles. The zero-order chi connectivity index (χ0) is 26.1. The molecule has 2 aromatic carbocycles. The van der Waals surface area contributed by atoms with E-state index >= 15 is 0 Å². The van der Waals surface area contributed by atoms with E-state index in [0.717, 1.165) is 38.7 Å². The zero-order valence-corrected chi connectivity index (χ0v) is 23.2. The maximum Gasteiger partial charge on any atom is 0.231 e. The number of halogens is 1. The number of fused-ring (bicyclic) bond motifs is 1. The smallest absolute Gasteiger partial charge is 0.231 e. The summed E-state index contributed by atoms with van der Waals surface area (Å²) in [6.45, 7) is 1.90. The standard InChI is InChI=1S/C26H23BrN4O4S2/c1-13-9-15-3-6-16(27)10-18(15)23(34)21(13)25-29-26(31-30-25)37-12-20(33)28-22-19(32)11-36-24(22)14-4-7-17(35-2)8-5-14/h3-10,21-22,24H,11-12H2,1-2H3,(H,28,33)(H,29,30,31). The fourth-order valence-corrected chi connectivity index (χ4v) is 6.72. The molecule has 0 bridgehead atoms. The zero-order valence-electron chi connectivity index (χ0n) is 20.0. The molecule has 3 aromatic rings. The minimum atomic E-state index is -0.596. The summed E-state index contributed by atoms with van der Waals surface area (Å²) in [6.07, 6.45) is 1.98. The number of aromatic nitrogens is 3. The molecule has 8 nitrogen and oxygen atoms in total. The van der Waals surface area contributed by atoms with Gasteiger partial charge in [0.15, 0.2) is 11.6 Å². The van der Waals surface area contributed by atoms with Crippen LogP contribution in [-0.4, -0.2) is 57.3 Å². The number of aromatic amines is 1. The molecule has 3 atom stereocenters. The highest BCUT2D eigenvalue weighted by Crippen LogP contribution is 2.39. The number of nitrogens with one attached hydrogen (secondary N) is 2. The van der Waals surface area contributed by atoms with Crippen LogP contribution >= 0.6 is 39.5 Å². The van der Waals surface area contributed by atoms with Gasteiger partial charge in [0.2, 0.25) is 11.1 Å². The molecule has 1 saturated heterocycles. The highest BCUT2D eigenvalue weighted by Gasteiger charge is 2.37. The van der Waals surface area contributed by atoms with Crippen LogP contribution in [0.2, 0.25) is 0 Å². The number of benzene rings is 2. The van der Waals surface area contributed by atoms with Gasteiger partial charge in [-0.1, -0.05) is 57.5 Å². The molecule has 3 unspecified atom stereocenters. The van der Waals surface area contributed by atoms with Gasteiger partial charge in [-0.15, -0.1) is 16.9 Å². The third-order valence-electron chi connectivity index (χ3n) is 6.29. The molecular formula is C26H23BrN4O4S2. The second kappa shape index (κ2) is 10.8. The van der Waals surface area contributed by atoms with Crippen molar-refractivity contribution < 1.29 is 19.1 Å². The van der Waals surface area contributed by atoms with E-state index in [2.05, 4.69) is 36.4 Å². The van der Waals surface area contributed by atoms with Gasteiger partial charge < -0.3 is 10.1 Å². The number of rotatable bonds is 7. The van der Waals surface area contributed by atoms with E-state index in [4.69, 9.17) is 4.74 Å². The SMILES string of the molecule is COc1ccc(C2SCC(=O)C2NC(=O)CSc2n[nH]c(C3C(=O)c4cc(Br)ccc4C=C3C)n2)cc1. The number of methoxy groups -OCH3 is 1. The largest absolute Gasteiger partial charge is 0.497 e. The number of carbonyl (C=O) groups is 3. The van der Waals surface area contributed by atoms with Gasteiger partial charge in [-0.3, -0.25) is 19.5 Å². The van der Waals surface area contributed by atoms with Crippen molar-refractivity contribution in [2.45, 2.75) is 29.3 Å². The Bertz CT molecular complexity index is 1410. The lowest BCUT2D eigenvalue weighted by atomic mass is 9.82. The van der Waals surface area contributed by atoms with Crippen molar-refractivity contribution in [3.05, 3.63) is 75.0 Å². The highest BCUT2D eigenvalue weighted by molar-refractivity contribution is 9.10. The molecule has 2 aliphatic rings. The van der Waals surface area contributed by atoms with Crippen LogP contribution in [0.1, 0.15) is 45.4 Å². The summed E-state index contributed by atoms with van der Waals surface area (Å²) >= 11 is 6.09. The average molecular weight is 600 g/mol. The van der Waals surface area contributed by atoms with Crippen LogP contribution in [-0.2, 0) is 9.59 Å². The van der Waals surface area contributed by atoms with Crippen molar-refractivity contribution in [1.29, 1.82) is 0 Å². The first kappa shape index (κ1) is 25.7. The Balaban J connectivity index is 1.22. The summed E-state index contributed by atoms with van der Waals surface area (Å²) < 4.78 is 6.04. The molecule has 37 heavy (non-hydrogen) atoms. The molecule has 2 N–H and O–H groups in total. The van der Waals surface area contributed by atoms with Crippen LogP contribution in [0.5, 0.6) is 5.75 Å². The van der Waals surface area contributed by atoms with E-state index in [9.17, 15) is 14.4 Å². The van der Waals surface area contributed by atoms with Crippen molar-refractivity contribution in [2.24, 2.45) is 0 Å². The van der Waals surface area contributed by atoms with Crippen LogP contribution in [0, 0.1) is 0 Å². The van der Waals surface area contributed by atoms with Crippen molar-refractivity contribution in [1.82, 2.24) is 20.5 Å². The van der Waals surface area contributed by atoms with E-state index in [-0.39, 0.29) is 28.5 Å². The summed E-state index contributed by atoms with van der Waals surface area (Å²) in [4.78, 5) is 42.9. The van der Waals surface area contributed by atoms with Crippen molar-refractivity contribution >= 4 is 63.0 Å². The topological polar surface area (TPSA) is 114 Å². The van der Waals surface area contributed by atoms with Crippen molar-refractivity contribution in [3.8, 4) is 5.75 Å². The molecule has 0 spiro atoms. The molecule has 190 valence electrons. The van der Waals surface area contributed by atoms with Gasteiger partial charge >= 0.3 is 0 Å². The molecule has 1 amide bonds. The first-order valence-electron chi connectivity index (χ1n) is 11.5. The Labute approximate surface area is 230 Å². The van der Waals surface area contributed by atoms with E-state index in [1.807, 2.05) is 55.5 Å². The molecule has 5 rings (SSSR count). The Morgan fingerprint density at radius 3 is 2.78 bits per heavy atom. The van der Waals surface area contributed by atoms with Crippen molar-refractivity contribution in [3.63, 3.8) is 0 Å². The van der Waals surface area contributed by atoms with Crippen LogP contribution in [0.3, 0.4) is 0 Å². The van der Waals surface area contributed by atoms with Gasteiger partial charge in [-0.2, -0.15) is 0 Å². The fourth-order valence-electron chi connectivity index (χ4n) is 4.46. The van der Waals surface area contributed by atoms with Gasteiger partial charge in [0.1, 0.15) is 23.5 Å². The molecule has 1 aliphatic heterocycles. The van der Waals surface area contributed by atoms with Crippen LogP contribution in [0.4, 0.5) is 0 Å². The first-order valence-corrected chi connectivity index (χ1v) is 14.3. The number of allylic oxidation sites excluding steroid dienone is 1. The monoisotopic (exact) mass is 598 g/mol. The predicted molar refractivity (Wildman–Crippen MR) is 147 cm³/mol. The molecule has 0 radical (unpaired) electrons. The normalized spacial score (nSPS) is 20.9. The molecule has 1 aliphatic carbocycles. The lowest BCUT2D eigenvalue weighted by molar-refractivity contribution is -0.124. The number of nitrogens with zero attached hydrogens (tertiary/aromatic N) is 2. The molecule has 1 fully saturated rings. The number of thioether (sulfide) groups is 2. The fraction of sp³-hybridized carbons (Fsp3) is 0.269. The Morgan fingerprint density at radius 1 is 1.24 bits per heavy atom. The molecule has 11 heteroatoms. The quantitative estimate of drug-likeness (QED) is 0.379. The summed E-state index contributed by atoms with van der Waals surface area (Å²) in [6, 6.07) is 12.5. The van der Waals surface area contributed by atoms with Gasteiger partial charge in [0.05, 0.1) is 23.9 Å². The molecular weight excluding hydrogens is 576 g/mol. The van der Waals surface area contributed by atoms with Gasteiger partial charge in [0.25, 0.3) is 0 Å². The Kier molecular flexibility index (Phi) is 7.55. The lowest BCUT2D eigenvalue weighted by Gasteiger charge is -2.21. The summed E-state index contributed by atoms with van der Waals surface area (Å²) in [7, 11) is 1.60. The number of hydrogen-bond donors (Lipinski definition) is 2. The van der Waals surface area contributed by atoms with E-state index in [1.54, 1.807) is 7.11 Å². The number of Topliss-reactive ketones (excluding diaryl/α,β-unsaturated/α-hetero) is 2. The number of amides is 1. The summed E-state index contributed by atoms with van der Waals surface area (Å²) in [5.74, 6) is 0.673. The maximum atomic E-state index is 13.2. The Hall–Kier alpha value is -2.89. The predicted octanol–water partition coefficient (Wildman–Crippen LogP) is 4.59. The highest BCUT2D eigenvalue weighted by atomic mass is 79.9. The van der Waals surface area contributed by atoms with Crippen molar-refractivity contribution in [2.75, 3.05) is 18.6 Å². The van der Waals surface area contributed by atoms with E-state index in [1.165, 1.54) is 11.8 Å². The third kappa shape index (κ3) is 5.39. The second-order valence-electron chi connectivity index (χ2n) is 8.73. The average Bonchev–Trinajstić information content (AvgIpc) is 3.50. The van der Waals surface area contributed by atoms with Crippen LogP contribution in [0.15, 0.2) is 57.7 Å².